The molecule has 0 bridgehead atoms. The van der Waals surface area contributed by atoms with E-state index in [0.29, 0.717) is 34.8 Å². The van der Waals surface area contributed by atoms with Crippen LogP contribution in [0.5, 0.6) is 17.2 Å². The topological polar surface area (TPSA) is 97.0 Å². The van der Waals surface area contributed by atoms with Gasteiger partial charge in [0.05, 0.1) is 12.7 Å². The normalized spacial score (nSPS) is 14.9. The number of methoxy groups -OCH3 is 1. The minimum Gasteiger partial charge on any atom is -0.496 e. The molecule has 3 aromatic rings. The maximum absolute atomic E-state index is 13.1. The van der Waals surface area contributed by atoms with Crippen LogP contribution < -0.4 is 20.1 Å². The van der Waals surface area contributed by atoms with Crippen molar-refractivity contribution in [2.75, 3.05) is 7.11 Å². The number of nitrogens with zero attached hydrogens (tertiary/aromatic N) is 1. The van der Waals surface area contributed by atoms with Gasteiger partial charge in [-0.3, -0.25) is 14.9 Å². The van der Waals surface area contributed by atoms with E-state index in [1.165, 1.54) is 24.1 Å². The number of imide groups is 1. The molecule has 0 radical (unpaired) electrons. The lowest BCUT2D eigenvalue weighted by Crippen LogP contribution is -2.34. The smallest absolute Gasteiger partial charge is 0.325 e. The number of hydrogen-bond donors (Lipinski definition) is 2. The Balaban J connectivity index is 1.40. The van der Waals surface area contributed by atoms with Crippen molar-refractivity contribution in [2.24, 2.45) is 0 Å². The first kappa shape index (κ1) is 25.7. The molecule has 9 heteroatoms. The van der Waals surface area contributed by atoms with E-state index in [-0.39, 0.29) is 30.7 Å². The predicted octanol–water partition coefficient (Wildman–Crippen LogP) is 4.78. The highest BCUT2D eigenvalue weighted by molar-refractivity contribution is 6.04. The van der Waals surface area contributed by atoms with Crippen molar-refractivity contribution in [2.45, 2.75) is 38.9 Å². The van der Waals surface area contributed by atoms with Gasteiger partial charge in [-0.05, 0) is 66.1 Å². The van der Waals surface area contributed by atoms with Crippen molar-refractivity contribution in [1.29, 1.82) is 0 Å². The summed E-state index contributed by atoms with van der Waals surface area (Å²) in [4.78, 5) is 38.9. The van der Waals surface area contributed by atoms with Crippen LogP contribution >= 0.6 is 0 Å². The summed E-state index contributed by atoms with van der Waals surface area (Å²) in [7, 11) is 1.48. The van der Waals surface area contributed by atoms with Crippen LogP contribution in [0.1, 0.15) is 41.3 Å². The minimum atomic E-state index is -0.521. The highest BCUT2D eigenvalue weighted by Gasteiger charge is 2.37. The number of halogens is 1. The lowest BCUT2D eigenvalue weighted by Gasteiger charge is -2.22. The SMILES string of the molecule is CCC[C@H]1C(=O)NC(=O)N1Cc1ccc(OC)c(C(=O)NCc2ccc(Oc3ccc(F)cc3)cc2)c1. The molecule has 8 nitrogen and oxygen atoms in total. The van der Waals surface area contributed by atoms with Crippen LogP contribution in [0.3, 0.4) is 0 Å². The first-order valence-corrected chi connectivity index (χ1v) is 12.0. The maximum Gasteiger partial charge on any atom is 0.325 e. The summed E-state index contributed by atoms with van der Waals surface area (Å²) < 4.78 is 24.1. The maximum atomic E-state index is 13.1. The average molecular weight is 506 g/mol. The van der Waals surface area contributed by atoms with Crippen LogP contribution in [0.15, 0.2) is 66.7 Å². The van der Waals surface area contributed by atoms with Gasteiger partial charge in [-0.2, -0.15) is 0 Å². The van der Waals surface area contributed by atoms with Crippen LogP contribution in [0.25, 0.3) is 0 Å². The molecule has 1 heterocycles. The molecule has 0 aromatic heterocycles. The lowest BCUT2D eigenvalue weighted by atomic mass is 10.1. The van der Waals surface area contributed by atoms with Gasteiger partial charge in [-0.15, -0.1) is 0 Å². The van der Waals surface area contributed by atoms with Gasteiger partial charge in [-0.25, -0.2) is 9.18 Å². The second-order valence-electron chi connectivity index (χ2n) is 8.64. The third kappa shape index (κ3) is 6.24. The van der Waals surface area contributed by atoms with Crippen LogP contribution in [-0.2, 0) is 17.9 Å². The van der Waals surface area contributed by atoms with Crippen molar-refractivity contribution >= 4 is 17.8 Å². The Labute approximate surface area is 214 Å². The zero-order chi connectivity index (χ0) is 26.4. The first-order chi connectivity index (χ1) is 17.9. The van der Waals surface area contributed by atoms with Crippen LogP contribution in [0.4, 0.5) is 9.18 Å². The van der Waals surface area contributed by atoms with Crippen molar-refractivity contribution in [3.8, 4) is 17.2 Å². The average Bonchev–Trinajstić information content (AvgIpc) is 3.16. The quantitative estimate of drug-likeness (QED) is 0.387. The molecule has 1 fully saturated rings. The van der Waals surface area contributed by atoms with Gasteiger partial charge < -0.3 is 19.7 Å². The number of rotatable bonds is 10. The lowest BCUT2D eigenvalue weighted by molar-refractivity contribution is -0.121. The van der Waals surface area contributed by atoms with Crippen molar-refractivity contribution in [3.63, 3.8) is 0 Å². The molecule has 1 saturated heterocycles. The highest BCUT2D eigenvalue weighted by Crippen LogP contribution is 2.24. The Morgan fingerprint density at radius 3 is 2.30 bits per heavy atom. The van der Waals surface area contributed by atoms with E-state index in [9.17, 15) is 18.8 Å². The molecule has 0 aliphatic carbocycles. The van der Waals surface area contributed by atoms with Gasteiger partial charge in [0.2, 0.25) is 0 Å². The van der Waals surface area contributed by atoms with E-state index in [2.05, 4.69) is 10.6 Å². The molecule has 1 aliphatic rings. The second kappa shape index (κ2) is 11.6. The molecule has 4 rings (SSSR count). The third-order valence-corrected chi connectivity index (χ3v) is 6.02. The first-order valence-electron chi connectivity index (χ1n) is 12.0. The van der Waals surface area contributed by atoms with E-state index >= 15 is 0 Å². The van der Waals surface area contributed by atoms with Gasteiger partial charge in [0.15, 0.2) is 0 Å². The number of amides is 4. The number of hydrogen-bond acceptors (Lipinski definition) is 5. The van der Waals surface area contributed by atoms with Gasteiger partial charge in [-0.1, -0.05) is 31.5 Å². The largest absolute Gasteiger partial charge is 0.496 e. The van der Waals surface area contributed by atoms with Gasteiger partial charge >= 0.3 is 6.03 Å². The van der Waals surface area contributed by atoms with E-state index in [4.69, 9.17) is 9.47 Å². The molecule has 37 heavy (non-hydrogen) atoms. The Morgan fingerprint density at radius 2 is 1.65 bits per heavy atom. The summed E-state index contributed by atoms with van der Waals surface area (Å²) in [5, 5.41) is 5.24. The highest BCUT2D eigenvalue weighted by atomic mass is 19.1. The number of carbonyl (C=O) groups excluding carboxylic acids is 3. The molecular weight excluding hydrogens is 477 g/mol. The van der Waals surface area contributed by atoms with E-state index in [1.54, 1.807) is 42.5 Å². The van der Waals surface area contributed by atoms with Crippen molar-refractivity contribution in [1.82, 2.24) is 15.5 Å². The zero-order valence-corrected chi connectivity index (χ0v) is 20.6. The molecule has 0 spiro atoms. The number of benzene rings is 3. The molecule has 1 aliphatic heterocycles. The molecule has 0 unspecified atom stereocenters. The third-order valence-electron chi connectivity index (χ3n) is 6.02. The number of nitrogens with one attached hydrogen (secondary N) is 2. The molecule has 4 amide bonds. The standard InChI is InChI=1S/C28H28FN3O5/c1-3-4-24-27(34)31-28(35)32(24)17-19-7-14-25(36-2)23(15-19)26(33)30-16-18-5-10-21(11-6-18)37-22-12-8-20(29)9-13-22/h5-15,24H,3-4,16-17H2,1-2H3,(H,30,33)(H,31,34,35)/t24-/m0/s1. The summed E-state index contributed by atoms with van der Waals surface area (Å²) in [6.45, 7) is 2.42. The summed E-state index contributed by atoms with van der Waals surface area (Å²) in [5.74, 6) is 0.534. The van der Waals surface area contributed by atoms with Gasteiger partial charge in [0, 0.05) is 13.1 Å². The van der Waals surface area contributed by atoms with Crippen molar-refractivity contribution < 1.29 is 28.2 Å². The van der Waals surface area contributed by atoms with Crippen LogP contribution in [0.2, 0.25) is 0 Å². The Morgan fingerprint density at radius 1 is 1.00 bits per heavy atom. The molecule has 192 valence electrons. The number of carbonyl (C=O) groups is 3. The molecule has 1 atom stereocenters. The van der Waals surface area contributed by atoms with E-state index in [1.807, 2.05) is 19.1 Å². The molecule has 3 aromatic carbocycles. The summed E-state index contributed by atoms with van der Waals surface area (Å²) in [6.07, 6.45) is 1.33. The second-order valence-corrected chi connectivity index (χ2v) is 8.64. The predicted molar refractivity (Wildman–Crippen MR) is 135 cm³/mol. The minimum absolute atomic E-state index is 0.196. The summed E-state index contributed by atoms with van der Waals surface area (Å²) in [5.41, 5.74) is 1.89. The zero-order valence-electron chi connectivity index (χ0n) is 20.6. The summed E-state index contributed by atoms with van der Waals surface area (Å²) in [6, 6.07) is 17.1. The van der Waals surface area contributed by atoms with E-state index in [0.717, 1.165) is 12.0 Å². The van der Waals surface area contributed by atoms with Gasteiger partial charge in [0.1, 0.15) is 29.1 Å². The molecule has 2 N–H and O–H groups in total. The fraction of sp³-hybridized carbons (Fsp3) is 0.250. The monoisotopic (exact) mass is 505 g/mol. The fourth-order valence-electron chi connectivity index (χ4n) is 4.11. The Hall–Kier alpha value is -4.40. The van der Waals surface area contributed by atoms with E-state index < -0.39 is 12.1 Å². The van der Waals surface area contributed by atoms with Crippen LogP contribution in [-0.4, -0.2) is 35.9 Å². The number of urea groups is 1. The van der Waals surface area contributed by atoms with Crippen LogP contribution in [0, 0.1) is 5.82 Å². The summed E-state index contributed by atoms with van der Waals surface area (Å²) >= 11 is 0. The molecular formula is C28H28FN3O5. The number of ether oxygens (including phenoxy) is 2. The van der Waals surface area contributed by atoms with Gasteiger partial charge in [0.25, 0.3) is 11.8 Å². The Bertz CT molecular complexity index is 1280. The fourth-order valence-corrected chi connectivity index (χ4v) is 4.11. The van der Waals surface area contributed by atoms with Crippen molar-refractivity contribution in [3.05, 3.63) is 89.2 Å². The molecule has 0 saturated carbocycles. The Kier molecular flexibility index (Phi) is 8.02.